The fourth-order valence-electron chi connectivity index (χ4n) is 1.56. The zero-order valence-electron chi connectivity index (χ0n) is 10.7. The fourth-order valence-corrected chi connectivity index (χ4v) is 1.56. The second kappa shape index (κ2) is 6.06. The van der Waals surface area contributed by atoms with E-state index in [9.17, 15) is 13.6 Å². The molecule has 0 unspecified atom stereocenters. The summed E-state index contributed by atoms with van der Waals surface area (Å²) in [6, 6.07) is 10.9. The van der Waals surface area contributed by atoms with E-state index in [0.717, 1.165) is 0 Å². The molecule has 0 bridgehead atoms. The highest BCUT2D eigenvalue weighted by Crippen LogP contribution is 2.05. The first-order valence-corrected chi connectivity index (χ1v) is 5.92. The van der Waals surface area contributed by atoms with E-state index >= 15 is 0 Å². The van der Waals surface area contributed by atoms with Crippen molar-refractivity contribution in [3.63, 3.8) is 0 Å². The minimum Gasteiger partial charge on any atom is -0.267 e. The molecule has 0 fully saturated rings. The van der Waals surface area contributed by atoms with Crippen LogP contribution in [0.3, 0.4) is 0 Å². The lowest BCUT2D eigenvalue weighted by molar-refractivity contribution is 0.0955. The molecular weight excluding hydrogens is 262 g/mol. The van der Waals surface area contributed by atoms with Gasteiger partial charge in [0.2, 0.25) is 0 Å². The van der Waals surface area contributed by atoms with E-state index < -0.39 is 11.7 Å². The third-order valence-corrected chi connectivity index (χ3v) is 2.69. The third kappa shape index (κ3) is 3.47. The molecule has 2 aromatic rings. The lowest BCUT2D eigenvalue weighted by atomic mass is 10.1. The predicted octanol–water partition coefficient (Wildman–Crippen LogP) is 3.12. The van der Waals surface area contributed by atoms with Gasteiger partial charge in [-0.1, -0.05) is 12.1 Å². The molecule has 0 heterocycles. The van der Waals surface area contributed by atoms with Crippen molar-refractivity contribution in [2.75, 3.05) is 0 Å². The van der Waals surface area contributed by atoms with Gasteiger partial charge in [-0.3, -0.25) is 4.79 Å². The Balaban J connectivity index is 2.06. The van der Waals surface area contributed by atoms with E-state index in [2.05, 4.69) is 10.5 Å². The Hall–Kier alpha value is -2.56. The normalized spacial score (nSPS) is 11.2. The monoisotopic (exact) mass is 274 g/mol. The summed E-state index contributed by atoms with van der Waals surface area (Å²) in [5, 5.41) is 3.92. The highest BCUT2D eigenvalue weighted by atomic mass is 19.1. The molecule has 0 atom stereocenters. The van der Waals surface area contributed by atoms with Crippen LogP contribution >= 0.6 is 0 Å². The molecule has 0 aliphatic rings. The molecule has 0 saturated heterocycles. The fraction of sp³-hybridized carbons (Fsp3) is 0.0667. The van der Waals surface area contributed by atoms with Crippen molar-refractivity contribution in [3.05, 3.63) is 71.3 Å². The van der Waals surface area contributed by atoms with Gasteiger partial charge in [0.05, 0.1) is 5.71 Å². The van der Waals surface area contributed by atoms with Crippen molar-refractivity contribution in [1.82, 2.24) is 5.43 Å². The van der Waals surface area contributed by atoms with Gasteiger partial charge in [-0.15, -0.1) is 0 Å². The topological polar surface area (TPSA) is 41.5 Å². The Morgan fingerprint density at radius 1 is 0.900 bits per heavy atom. The number of hydrogen-bond donors (Lipinski definition) is 1. The van der Waals surface area contributed by atoms with Crippen LogP contribution in [0.4, 0.5) is 8.78 Å². The number of rotatable bonds is 3. The van der Waals surface area contributed by atoms with E-state index in [0.29, 0.717) is 16.8 Å². The number of benzene rings is 2. The zero-order chi connectivity index (χ0) is 14.5. The zero-order valence-corrected chi connectivity index (χ0v) is 10.7. The van der Waals surface area contributed by atoms with Crippen LogP contribution in [0.15, 0.2) is 53.6 Å². The largest absolute Gasteiger partial charge is 0.271 e. The number of nitrogens with zero attached hydrogens (tertiary/aromatic N) is 1. The van der Waals surface area contributed by atoms with Crippen LogP contribution in [0.5, 0.6) is 0 Å². The van der Waals surface area contributed by atoms with Crippen LogP contribution in [-0.4, -0.2) is 11.6 Å². The maximum Gasteiger partial charge on any atom is 0.271 e. The number of carbonyl (C=O) groups excluding carboxylic acids is 1. The molecule has 20 heavy (non-hydrogen) atoms. The molecule has 0 aromatic heterocycles. The van der Waals surface area contributed by atoms with Crippen molar-refractivity contribution < 1.29 is 13.6 Å². The molecule has 0 aliphatic heterocycles. The average molecular weight is 274 g/mol. The summed E-state index contributed by atoms with van der Waals surface area (Å²) < 4.78 is 25.5. The average Bonchev–Trinajstić information content (AvgIpc) is 2.46. The second-order valence-electron chi connectivity index (χ2n) is 4.15. The SMILES string of the molecule is C/C(=N\NC(=O)c1ccc(F)cc1)c1ccc(F)cc1. The Labute approximate surface area is 114 Å². The molecule has 0 saturated carbocycles. The quantitative estimate of drug-likeness (QED) is 0.678. The highest BCUT2D eigenvalue weighted by molar-refractivity contribution is 6.00. The molecule has 0 aliphatic carbocycles. The Kier molecular flexibility index (Phi) is 4.20. The summed E-state index contributed by atoms with van der Waals surface area (Å²) in [7, 11) is 0. The van der Waals surface area contributed by atoms with Crippen molar-refractivity contribution in [3.8, 4) is 0 Å². The molecular formula is C15H12F2N2O. The van der Waals surface area contributed by atoms with Crippen LogP contribution in [0.25, 0.3) is 0 Å². The van der Waals surface area contributed by atoms with Crippen LogP contribution in [0.2, 0.25) is 0 Å². The summed E-state index contributed by atoms with van der Waals surface area (Å²) >= 11 is 0. The molecule has 102 valence electrons. The standard InChI is InChI=1S/C15H12F2N2O/c1-10(11-2-6-13(16)7-3-11)18-19-15(20)12-4-8-14(17)9-5-12/h2-9H,1H3,(H,19,20)/b18-10+. The van der Waals surface area contributed by atoms with Crippen LogP contribution in [0, 0.1) is 11.6 Å². The Bertz CT molecular complexity index is 634. The van der Waals surface area contributed by atoms with E-state index in [-0.39, 0.29) is 5.82 Å². The van der Waals surface area contributed by atoms with Gasteiger partial charge in [-0.05, 0) is 48.9 Å². The van der Waals surface area contributed by atoms with Gasteiger partial charge in [0.25, 0.3) is 5.91 Å². The minimum atomic E-state index is -0.438. The van der Waals surface area contributed by atoms with Gasteiger partial charge in [0.1, 0.15) is 11.6 Å². The predicted molar refractivity (Wildman–Crippen MR) is 72.5 cm³/mol. The molecule has 3 nitrogen and oxygen atoms in total. The van der Waals surface area contributed by atoms with E-state index in [1.165, 1.54) is 36.4 Å². The number of hydrogen-bond acceptors (Lipinski definition) is 2. The van der Waals surface area contributed by atoms with Crippen molar-refractivity contribution >= 4 is 11.6 Å². The van der Waals surface area contributed by atoms with Crippen LogP contribution in [-0.2, 0) is 0 Å². The lowest BCUT2D eigenvalue weighted by Gasteiger charge is -2.03. The number of amides is 1. The van der Waals surface area contributed by atoms with E-state index in [1.807, 2.05) is 0 Å². The first kappa shape index (κ1) is 13.9. The number of hydrazone groups is 1. The first-order chi connectivity index (χ1) is 9.56. The van der Waals surface area contributed by atoms with Crippen LogP contribution < -0.4 is 5.43 Å². The van der Waals surface area contributed by atoms with Crippen molar-refractivity contribution in [2.45, 2.75) is 6.92 Å². The van der Waals surface area contributed by atoms with Crippen molar-refractivity contribution in [1.29, 1.82) is 0 Å². The summed E-state index contributed by atoms with van der Waals surface area (Å²) in [5.74, 6) is -1.18. The number of halogens is 2. The summed E-state index contributed by atoms with van der Waals surface area (Å²) in [5.41, 5.74) is 3.91. The third-order valence-electron chi connectivity index (χ3n) is 2.69. The maximum absolute atomic E-state index is 12.8. The van der Waals surface area contributed by atoms with Gasteiger partial charge >= 0.3 is 0 Å². The Morgan fingerprint density at radius 2 is 1.35 bits per heavy atom. The van der Waals surface area contributed by atoms with Crippen LogP contribution in [0.1, 0.15) is 22.8 Å². The summed E-state index contributed by atoms with van der Waals surface area (Å²) in [4.78, 5) is 11.7. The maximum atomic E-state index is 12.8. The number of nitrogens with one attached hydrogen (secondary N) is 1. The van der Waals surface area contributed by atoms with Gasteiger partial charge in [-0.25, -0.2) is 14.2 Å². The second-order valence-corrected chi connectivity index (χ2v) is 4.15. The Morgan fingerprint density at radius 3 is 1.85 bits per heavy atom. The highest BCUT2D eigenvalue weighted by Gasteiger charge is 2.05. The molecule has 1 N–H and O–H groups in total. The number of carbonyl (C=O) groups is 1. The van der Waals surface area contributed by atoms with Gasteiger partial charge < -0.3 is 0 Å². The van der Waals surface area contributed by atoms with E-state index in [1.54, 1.807) is 19.1 Å². The molecule has 1 amide bonds. The molecule has 0 spiro atoms. The summed E-state index contributed by atoms with van der Waals surface area (Å²) in [6.45, 7) is 1.69. The van der Waals surface area contributed by atoms with Gasteiger partial charge in [0, 0.05) is 5.56 Å². The van der Waals surface area contributed by atoms with E-state index in [4.69, 9.17) is 0 Å². The van der Waals surface area contributed by atoms with Gasteiger partial charge in [0.15, 0.2) is 0 Å². The molecule has 2 rings (SSSR count). The molecule has 0 radical (unpaired) electrons. The summed E-state index contributed by atoms with van der Waals surface area (Å²) in [6.07, 6.45) is 0. The van der Waals surface area contributed by atoms with Crippen molar-refractivity contribution in [2.24, 2.45) is 5.10 Å². The van der Waals surface area contributed by atoms with Gasteiger partial charge in [-0.2, -0.15) is 5.10 Å². The minimum absolute atomic E-state index is 0.307. The smallest absolute Gasteiger partial charge is 0.267 e. The molecule has 2 aromatic carbocycles. The lowest BCUT2D eigenvalue weighted by Crippen LogP contribution is -2.19. The first-order valence-electron chi connectivity index (χ1n) is 5.92. The molecule has 5 heteroatoms.